The molecule has 2 aromatic carbocycles. The zero-order valence-corrected chi connectivity index (χ0v) is 13.7. The lowest BCUT2D eigenvalue weighted by molar-refractivity contribution is -0.115. The van der Waals surface area contributed by atoms with Gasteiger partial charge in [-0.2, -0.15) is 0 Å². The van der Waals surface area contributed by atoms with Crippen molar-refractivity contribution in [1.82, 2.24) is 5.32 Å². The third-order valence-electron chi connectivity index (χ3n) is 3.07. The summed E-state index contributed by atoms with van der Waals surface area (Å²) in [4.78, 5) is 23.0. The van der Waals surface area contributed by atoms with Crippen LogP contribution in [0.15, 0.2) is 41.3 Å². The second-order valence-electron chi connectivity index (χ2n) is 5.08. The number of amides is 2. The Kier molecular flexibility index (Phi) is 5.63. The minimum atomic E-state index is -4.19. The summed E-state index contributed by atoms with van der Waals surface area (Å²) < 4.78 is 62.1. The van der Waals surface area contributed by atoms with Crippen molar-refractivity contribution in [2.45, 2.75) is 4.90 Å². The van der Waals surface area contributed by atoms with Crippen LogP contribution < -0.4 is 15.8 Å². The number of hydrogen-bond donors (Lipinski definition) is 3. The van der Waals surface area contributed by atoms with Gasteiger partial charge in [0.25, 0.3) is 5.91 Å². The maximum Gasteiger partial charge on any atom is 0.254 e. The molecule has 2 aromatic rings. The van der Waals surface area contributed by atoms with E-state index in [0.29, 0.717) is 12.1 Å². The Balaban J connectivity index is 2.03. The highest BCUT2D eigenvalue weighted by Crippen LogP contribution is 2.17. The van der Waals surface area contributed by atoms with Gasteiger partial charge in [-0.25, -0.2) is 26.7 Å². The molecule has 0 spiro atoms. The first-order valence-corrected chi connectivity index (χ1v) is 8.47. The molecule has 0 bridgehead atoms. The van der Waals surface area contributed by atoms with E-state index in [-0.39, 0.29) is 5.69 Å². The summed E-state index contributed by atoms with van der Waals surface area (Å²) in [5.74, 6) is -4.74. The summed E-state index contributed by atoms with van der Waals surface area (Å²) in [7, 11) is -4.19. The molecule has 2 rings (SSSR count). The number of nitrogens with one attached hydrogen (secondary N) is 2. The molecule has 0 unspecified atom stereocenters. The molecular formula is C15H12F3N3O4S. The number of benzene rings is 2. The van der Waals surface area contributed by atoms with E-state index in [1.54, 1.807) is 0 Å². The average molecular weight is 387 g/mol. The Hall–Kier alpha value is -2.92. The van der Waals surface area contributed by atoms with Crippen molar-refractivity contribution in [2.24, 2.45) is 5.14 Å². The minimum absolute atomic E-state index is 0.207. The number of nitrogens with two attached hydrogens (primary N) is 1. The summed E-state index contributed by atoms with van der Waals surface area (Å²) in [6.45, 7) is -0.628. The van der Waals surface area contributed by atoms with Crippen LogP contribution in [0.3, 0.4) is 0 Å². The summed E-state index contributed by atoms with van der Waals surface area (Å²) >= 11 is 0. The highest BCUT2D eigenvalue weighted by Gasteiger charge is 2.15. The van der Waals surface area contributed by atoms with Crippen LogP contribution in [0.4, 0.5) is 18.9 Å². The molecule has 0 aromatic heterocycles. The number of halogens is 3. The van der Waals surface area contributed by atoms with Crippen molar-refractivity contribution in [3.05, 3.63) is 59.4 Å². The number of primary sulfonamides is 1. The maximum absolute atomic E-state index is 13.5. The highest BCUT2D eigenvalue weighted by molar-refractivity contribution is 7.89. The van der Waals surface area contributed by atoms with Gasteiger partial charge in [0.1, 0.15) is 17.5 Å². The minimum Gasteiger partial charge on any atom is -0.343 e. The fourth-order valence-corrected chi connectivity index (χ4v) is 2.50. The van der Waals surface area contributed by atoms with E-state index in [1.807, 2.05) is 0 Å². The van der Waals surface area contributed by atoms with Crippen molar-refractivity contribution >= 4 is 27.5 Å². The highest BCUT2D eigenvalue weighted by atomic mass is 32.2. The molecule has 0 aliphatic carbocycles. The SMILES string of the molecule is NS(=O)(=O)c1cc(F)cc(NC(=O)CNC(=O)c2ccc(F)cc2F)c1. The van der Waals surface area contributed by atoms with E-state index >= 15 is 0 Å². The van der Waals surface area contributed by atoms with Crippen molar-refractivity contribution < 1.29 is 31.2 Å². The smallest absolute Gasteiger partial charge is 0.254 e. The number of rotatable bonds is 5. The van der Waals surface area contributed by atoms with Crippen LogP contribution in [-0.2, 0) is 14.8 Å². The van der Waals surface area contributed by atoms with Gasteiger partial charge in [-0.15, -0.1) is 0 Å². The standard InChI is InChI=1S/C15H12F3N3O4S/c16-8-1-2-12(13(18)5-8)15(23)20-7-14(22)21-10-3-9(17)4-11(6-10)26(19,24)25/h1-6H,7H2,(H,20,23)(H,21,22)(H2,19,24,25). The average Bonchev–Trinajstić information content (AvgIpc) is 2.51. The number of carbonyl (C=O) groups is 2. The third kappa shape index (κ3) is 5.04. The van der Waals surface area contributed by atoms with Gasteiger partial charge in [0.05, 0.1) is 17.0 Å². The van der Waals surface area contributed by atoms with E-state index in [4.69, 9.17) is 5.14 Å². The lowest BCUT2D eigenvalue weighted by atomic mass is 10.2. The molecule has 26 heavy (non-hydrogen) atoms. The first-order valence-electron chi connectivity index (χ1n) is 6.93. The van der Waals surface area contributed by atoms with Crippen LogP contribution in [-0.4, -0.2) is 26.8 Å². The molecule has 0 atom stereocenters. The zero-order valence-electron chi connectivity index (χ0n) is 12.9. The van der Waals surface area contributed by atoms with Crippen LogP contribution in [0.5, 0.6) is 0 Å². The number of anilines is 1. The van der Waals surface area contributed by atoms with Gasteiger partial charge < -0.3 is 10.6 Å². The Morgan fingerprint density at radius 2 is 1.69 bits per heavy atom. The lowest BCUT2D eigenvalue weighted by Crippen LogP contribution is -2.33. The zero-order chi connectivity index (χ0) is 19.5. The van der Waals surface area contributed by atoms with E-state index in [1.165, 1.54) is 0 Å². The maximum atomic E-state index is 13.5. The van der Waals surface area contributed by atoms with Crippen molar-refractivity contribution in [3.8, 4) is 0 Å². The molecule has 138 valence electrons. The van der Waals surface area contributed by atoms with Crippen molar-refractivity contribution in [3.63, 3.8) is 0 Å². The van der Waals surface area contributed by atoms with E-state index in [9.17, 15) is 31.2 Å². The summed E-state index contributed by atoms with van der Waals surface area (Å²) in [6.07, 6.45) is 0. The van der Waals surface area contributed by atoms with E-state index in [2.05, 4.69) is 10.6 Å². The first kappa shape index (κ1) is 19.4. The summed E-state index contributed by atoms with van der Waals surface area (Å²) in [6, 6.07) is 4.73. The second-order valence-corrected chi connectivity index (χ2v) is 6.64. The molecule has 2 amide bonds. The monoisotopic (exact) mass is 387 g/mol. The molecule has 0 heterocycles. The van der Waals surface area contributed by atoms with Gasteiger partial charge in [0.15, 0.2) is 0 Å². The molecular weight excluding hydrogens is 375 g/mol. The molecule has 0 fully saturated rings. The van der Waals surface area contributed by atoms with Gasteiger partial charge in [-0.3, -0.25) is 9.59 Å². The molecule has 0 saturated heterocycles. The van der Waals surface area contributed by atoms with Crippen LogP contribution in [0.25, 0.3) is 0 Å². The molecule has 4 N–H and O–H groups in total. The van der Waals surface area contributed by atoms with Gasteiger partial charge in [-0.05, 0) is 30.3 Å². The predicted molar refractivity (Wildman–Crippen MR) is 85.1 cm³/mol. The third-order valence-corrected chi connectivity index (χ3v) is 3.96. The normalized spacial score (nSPS) is 11.1. The van der Waals surface area contributed by atoms with E-state index in [0.717, 1.165) is 24.3 Å². The van der Waals surface area contributed by atoms with E-state index < -0.39 is 56.3 Å². The molecule has 0 aliphatic heterocycles. The van der Waals surface area contributed by atoms with Crippen LogP contribution >= 0.6 is 0 Å². The van der Waals surface area contributed by atoms with Crippen LogP contribution in [0.2, 0.25) is 0 Å². The Labute approximate surface area is 146 Å². The Bertz CT molecular complexity index is 980. The van der Waals surface area contributed by atoms with Gasteiger partial charge in [0.2, 0.25) is 15.9 Å². The predicted octanol–water partition coefficient (Wildman–Crippen LogP) is 1.12. The van der Waals surface area contributed by atoms with Crippen LogP contribution in [0.1, 0.15) is 10.4 Å². The number of carbonyl (C=O) groups excluding carboxylic acids is 2. The fourth-order valence-electron chi connectivity index (χ4n) is 1.93. The van der Waals surface area contributed by atoms with Gasteiger partial charge in [0, 0.05) is 11.8 Å². The lowest BCUT2D eigenvalue weighted by Gasteiger charge is -2.09. The fraction of sp³-hybridized carbons (Fsp3) is 0.0667. The van der Waals surface area contributed by atoms with Crippen molar-refractivity contribution in [1.29, 1.82) is 0 Å². The topological polar surface area (TPSA) is 118 Å². The Morgan fingerprint density at radius 3 is 2.31 bits per heavy atom. The number of hydrogen-bond acceptors (Lipinski definition) is 4. The summed E-state index contributed by atoms with van der Waals surface area (Å²) in [5, 5.41) is 9.13. The molecule has 0 aliphatic rings. The largest absolute Gasteiger partial charge is 0.343 e. The first-order chi connectivity index (χ1) is 12.1. The molecule has 11 heteroatoms. The van der Waals surface area contributed by atoms with Gasteiger partial charge in [-0.1, -0.05) is 0 Å². The Morgan fingerprint density at radius 1 is 1.00 bits per heavy atom. The van der Waals surface area contributed by atoms with Crippen LogP contribution in [0, 0.1) is 17.5 Å². The van der Waals surface area contributed by atoms with Crippen molar-refractivity contribution in [2.75, 3.05) is 11.9 Å². The number of sulfonamides is 1. The quantitative estimate of drug-likeness (QED) is 0.712. The molecule has 0 radical (unpaired) electrons. The second kappa shape index (κ2) is 7.54. The molecule has 0 saturated carbocycles. The summed E-state index contributed by atoms with van der Waals surface area (Å²) in [5.41, 5.74) is -0.678. The molecule has 7 nitrogen and oxygen atoms in total. The van der Waals surface area contributed by atoms with Gasteiger partial charge >= 0.3 is 0 Å².